The summed E-state index contributed by atoms with van der Waals surface area (Å²) in [5, 5.41) is 0. The number of esters is 3. The lowest BCUT2D eigenvalue weighted by atomic mass is 10.1. The molecule has 0 aromatic carbocycles. The molecule has 0 aromatic rings. The van der Waals surface area contributed by atoms with E-state index in [9.17, 15) is 14.4 Å². The van der Waals surface area contributed by atoms with Crippen LogP contribution in [-0.4, -0.2) is 55.7 Å². The Morgan fingerprint density at radius 2 is 1.68 bits per heavy atom. The van der Waals surface area contributed by atoms with Gasteiger partial charge >= 0.3 is 17.9 Å². The number of unbranched alkanes of at least 4 members (excludes halogenated alkanes) is 1. The fraction of sp³-hybridized carbons (Fsp3) is 0.824. The van der Waals surface area contributed by atoms with Gasteiger partial charge in [0.2, 0.25) is 6.29 Å². The molecule has 0 aliphatic carbocycles. The minimum absolute atomic E-state index is 0.00747. The maximum absolute atomic E-state index is 11.4. The zero-order valence-corrected chi connectivity index (χ0v) is 15.3. The highest BCUT2D eigenvalue weighted by Crippen LogP contribution is 2.26. The van der Waals surface area contributed by atoms with Crippen molar-refractivity contribution in [1.82, 2.24) is 0 Å². The lowest BCUT2D eigenvalue weighted by Crippen LogP contribution is -2.38. The highest BCUT2D eigenvalue weighted by molar-refractivity contribution is 5.67. The topological polar surface area (TPSA) is 97.4 Å². The third kappa shape index (κ3) is 8.83. The summed E-state index contributed by atoms with van der Waals surface area (Å²) in [6.07, 6.45) is 0.0142. The van der Waals surface area contributed by atoms with Gasteiger partial charge in [-0.05, 0) is 6.42 Å². The SMILES string of the molecule is CCCCO[C@@H]1C[C@@H](COC(C)=O)OC(OC(C)=O)[C@H](OC(C)=O)C1. The molecule has 4 atom stereocenters. The molecule has 0 N–H and O–H groups in total. The van der Waals surface area contributed by atoms with Crippen molar-refractivity contribution in [3.8, 4) is 0 Å². The van der Waals surface area contributed by atoms with E-state index in [1.807, 2.05) is 0 Å². The first kappa shape index (κ1) is 21.4. The van der Waals surface area contributed by atoms with E-state index in [1.54, 1.807) is 0 Å². The molecular formula is C17H28O8. The van der Waals surface area contributed by atoms with Gasteiger partial charge in [-0.25, -0.2) is 0 Å². The van der Waals surface area contributed by atoms with Gasteiger partial charge in [-0.1, -0.05) is 13.3 Å². The highest BCUT2D eigenvalue weighted by Gasteiger charge is 2.38. The Labute approximate surface area is 148 Å². The van der Waals surface area contributed by atoms with Crippen LogP contribution in [0.2, 0.25) is 0 Å². The van der Waals surface area contributed by atoms with Crippen LogP contribution < -0.4 is 0 Å². The molecule has 25 heavy (non-hydrogen) atoms. The first-order chi connectivity index (χ1) is 11.8. The van der Waals surface area contributed by atoms with Gasteiger partial charge < -0.3 is 23.7 Å². The van der Waals surface area contributed by atoms with Crippen LogP contribution in [0.25, 0.3) is 0 Å². The summed E-state index contributed by atoms with van der Waals surface area (Å²) in [7, 11) is 0. The summed E-state index contributed by atoms with van der Waals surface area (Å²) >= 11 is 0. The van der Waals surface area contributed by atoms with Crippen molar-refractivity contribution in [3.05, 3.63) is 0 Å². The zero-order valence-electron chi connectivity index (χ0n) is 15.3. The molecule has 8 heteroatoms. The molecule has 0 saturated carbocycles. The lowest BCUT2D eigenvalue weighted by molar-refractivity contribution is -0.223. The van der Waals surface area contributed by atoms with Crippen molar-refractivity contribution in [3.63, 3.8) is 0 Å². The Hall–Kier alpha value is -1.67. The van der Waals surface area contributed by atoms with Gasteiger partial charge in [0.1, 0.15) is 6.61 Å². The third-order valence-corrected chi connectivity index (χ3v) is 3.57. The Morgan fingerprint density at radius 3 is 2.24 bits per heavy atom. The molecule has 8 nitrogen and oxygen atoms in total. The molecule has 0 amide bonds. The monoisotopic (exact) mass is 360 g/mol. The third-order valence-electron chi connectivity index (χ3n) is 3.57. The molecule has 1 saturated heterocycles. The van der Waals surface area contributed by atoms with E-state index >= 15 is 0 Å². The van der Waals surface area contributed by atoms with E-state index < -0.39 is 36.4 Å². The largest absolute Gasteiger partial charge is 0.463 e. The Balaban J connectivity index is 2.87. The number of carbonyl (C=O) groups is 3. The predicted octanol–water partition coefficient (Wildman–Crippen LogP) is 1.73. The first-order valence-electron chi connectivity index (χ1n) is 8.56. The van der Waals surface area contributed by atoms with Gasteiger partial charge in [0.05, 0.1) is 12.2 Å². The minimum atomic E-state index is -1.07. The highest BCUT2D eigenvalue weighted by atomic mass is 16.7. The van der Waals surface area contributed by atoms with Gasteiger partial charge in [-0.15, -0.1) is 0 Å². The Kier molecular flexibility index (Phi) is 9.44. The van der Waals surface area contributed by atoms with Crippen molar-refractivity contribution in [1.29, 1.82) is 0 Å². The molecule has 1 aliphatic rings. The first-order valence-corrected chi connectivity index (χ1v) is 8.56. The second kappa shape index (κ2) is 11.0. The van der Waals surface area contributed by atoms with E-state index in [4.69, 9.17) is 23.7 Å². The van der Waals surface area contributed by atoms with Crippen LogP contribution >= 0.6 is 0 Å². The van der Waals surface area contributed by atoms with Crippen molar-refractivity contribution in [2.24, 2.45) is 0 Å². The van der Waals surface area contributed by atoms with Crippen LogP contribution in [0.3, 0.4) is 0 Å². The fourth-order valence-electron chi connectivity index (χ4n) is 2.52. The van der Waals surface area contributed by atoms with Crippen LogP contribution in [0.1, 0.15) is 53.4 Å². The van der Waals surface area contributed by atoms with Crippen LogP contribution in [0.4, 0.5) is 0 Å². The average molecular weight is 360 g/mol. The summed E-state index contributed by atoms with van der Waals surface area (Å²) in [5.41, 5.74) is 0. The van der Waals surface area contributed by atoms with Gasteiger partial charge in [0, 0.05) is 40.2 Å². The van der Waals surface area contributed by atoms with Gasteiger partial charge in [0.15, 0.2) is 6.10 Å². The standard InChI is InChI=1S/C17H28O8/c1-5-6-7-21-14-8-15(10-22-11(2)18)25-17(24-13(4)20)16(9-14)23-12(3)19/h14-17H,5-10H2,1-4H3/t14-,15+,16-,17?/m1/s1. The predicted molar refractivity (Wildman–Crippen MR) is 86.5 cm³/mol. The molecule has 0 aromatic heterocycles. The lowest BCUT2D eigenvalue weighted by Gasteiger charge is -2.26. The fourth-order valence-corrected chi connectivity index (χ4v) is 2.52. The van der Waals surface area contributed by atoms with Crippen molar-refractivity contribution >= 4 is 17.9 Å². The number of hydrogen-bond donors (Lipinski definition) is 0. The second-order valence-corrected chi connectivity index (χ2v) is 6.00. The molecule has 1 rings (SSSR count). The van der Waals surface area contributed by atoms with Crippen LogP contribution in [0.5, 0.6) is 0 Å². The Bertz CT molecular complexity index is 450. The maximum Gasteiger partial charge on any atom is 0.305 e. The molecule has 1 aliphatic heterocycles. The van der Waals surface area contributed by atoms with Crippen molar-refractivity contribution in [2.45, 2.75) is 78.0 Å². The number of hydrogen-bond acceptors (Lipinski definition) is 8. The number of carbonyl (C=O) groups excluding carboxylic acids is 3. The molecule has 144 valence electrons. The number of ether oxygens (including phenoxy) is 5. The summed E-state index contributed by atoms with van der Waals surface area (Å²) < 4.78 is 27.0. The van der Waals surface area contributed by atoms with Crippen LogP contribution in [-0.2, 0) is 38.1 Å². The number of rotatable bonds is 8. The molecule has 0 radical (unpaired) electrons. The quantitative estimate of drug-likeness (QED) is 0.367. The summed E-state index contributed by atoms with van der Waals surface area (Å²) in [6, 6.07) is 0. The van der Waals surface area contributed by atoms with E-state index in [1.165, 1.54) is 20.8 Å². The van der Waals surface area contributed by atoms with Crippen LogP contribution in [0, 0.1) is 0 Å². The molecule has 1 unspecified atom stereocenters. The molecule has 0 bridgehead atoms. The Morgan fingerprint density at radius 1 is 1.00 bits per heavy atom. The average Bonchev–Trinajstić information content (AvgIpc) is 2.64. The maximum atomic E-state index is 11.4. The van der Waals surface area contributed by atoms with Crippen molar-refractivity contribution < 1.29 is 38.1 Å². The summed E-state index contributed by atoms with van der Waals surface area (Å²) in [4.78, 5) is 33.8. The molecular weight excluding hydrogens is 332 g/mol. The minimum Gasteiger partial charge on any atom is -0.463 e. The van der Waals surface area contributed by atoms with E-state index in [0.717, 1.165) is 12.8 Å². The van der Waals surface area contributed by atoms with Gasteiger partial charge in [0.25, 0.3) is 0 Å². The van der Waals surface area contributed by atoms with Gasteiger partial charge in [-0.2, -0.15) is 0 Å². The summed E-state index contributed by atoms with van der Waals surface area (Å²) in [6.45, 7) is 6.45. The zero-order chi connectivity index (χ0) is 18.8. The van der Waals surface area contributed by atoms with Crippen molar-refractivity contribution in [2.75, 3.05) is 13.2 Å². The smallest absolute Gasteiger partial charge is 0.305 e. The van der Waals surface area contributed by atoms with E-state index in [-0.39, 0.29) is 12.7 Å². The van der Waals surface area contributed by atoms with Crippen LogP contribution in [0.15, 0.2) is 0 Å². The summed E-state index contributed by atoms with van der Waals surface area (Å²) in [5.74, 6) is -1.49. The van der Waals surface area contributed by atoms with E-state index in [0.29, 0.717) is 19.4 Å². The van der Waals surface area contributed by atoms with Gasteiger partial charge in [-0.3, -0.25) is 14.4 Å². The second-order valence-electron chi connectivity index (χ2n) is 6.00. The molecule has 1 heterocycles. The van der Waals surface area contributed by atoms with E-state index in [2.05, 4.69) is 6.92 Å². The normalized spacial score (nSPS) is 26.4. The molecule has 1 fully saturated rings. The molecule has 0 spiro atoms.